The second kappa shape index (κ2) is 30.1. The van der Waals surface area contributed by atoms with E-state index in [1.165, 1.54) is 51.4 Å². The molecule has 2 aromatic rings. The zero-order valence-corrected chi connectivity index (χ0v) is 30.4. The summed E-state index contributed by atoms with van der Waals surface area (Å²) in [5.74, 6) is -6.32. The molecular formula is C30H46F4O5Sn2. The first-order chi connectivity index (χ1) is 19.0. The summed E-state index contributed by atoms with van der Waals surface area (Å²) in [5.41, 5.74) is -1.30. The van der Waals surface area contributed by atoms with Crippen LogP contribution in [0.3, 0.4) is 0 Å². The Kier molecular flexibility index (Phi) is 32.4. The van der Waals surface area contributed by atoms with Gasteiger partial charge in [-0.2, -0.15) is 0 Å². The minimum atomic E-state index is -1.47. The molecule has 2 rings (SSSR count). The molecule has 0 aliphatic heterocycles. The summed E-state index contributed by atoms with van der Waals surface area (Å²) in [5, 5.41) is 16.6. The van der Waals surface area contributed by atoms with E-state index in [2.05, 4.69) is 27.7 Å². The van der Waals surface area contributed by atoms with Gasteiger partial charge in [0.25, 0.3) is 0 Å². The molecule has 2 aromatic carbocycles. The van der Waals surface area contributed by atoms with E-state index in [-0.39, 0.29) is 47.8 Å². The molecule has 0 fully saturated rings. The third-order valence-electron chi connectivity index (χ3n) is 5.15. The molecule has 11 heteroatoms. The molecule has 0 saturated heterocycles. The molecule has 0 unspecified atom stereocenters. The molecule has 41 heavy (non-hydrogen) atoms. The first-order valence-corrected chi connectivity index (χ1v) is 21.9. The van der Waals surface area contributed by atoms with Crippen LogP contribution >= 0.6 is 0 Å². The molecular weight excluding hydrogens is 754 g/mol. The van der Waals surface area contributed by atoms with Crippen LogP contribution in [0.5, 0.6) is 0 Å². The van der Waals surface area contributed by atoms with Crippen LogP contribution in [0.2, 0.25) is 17.7 Å². The smallest absolute Gasteiger partial charge is 0.338 e. The number of hydrogen-bond donors (Lipinski definition) is 2. The van der Waals surface area contributed by atoms with Gasteiger partial charge in [-0.15, -0.1) is 0 Å². The van der Waals surface area contributed by atoms with Crippen molar-refractivity contribution in [3.63, 3.8) is 0 Å². The fourth-order valence-electron chi connectivity index (χ4n) is 2.78. The summed E-state index contributed by atoms with van der Waals surface area (Å²) >= 11 is 0.299. The van der Waals surface area contributed by atoms with E-state index < -0.39 is 46.3 Å². The third kappa shape index (κ3) is 26.0. The molecule has 0 atom stereocenters. The van der Waals surface area contributed by atoms with E-state index in [0.717, 1.165) is 24.3 Å². The van der Waals surface area contributed by atoms with E-state index in [0.29, 0.717) is 12.1 Å². The van der Waals surface area contributed by atoms with Crippen LogP contribution in [-0.2, 0) is 0 Å². The van der Waals surface area contributed by atoms with Gasteiger partial charge >= 0.3 is 151 Å². The van der Waals surface area contributed by atoms with Gasteiger partial charge in [0.1, 0.15) is 23.3 Å². The van der Waals surface area contributed by atoms with E-state index in [1.54, 1.807) is 17.7 Å². The van der Waals surface area contributed by atoms with Gasteiger partial charge in [-0.3, -0.25) is 0 Å². The Balaban J connectivity index is -0.000000469. The van der Waals surface area contributed by atoms with Crippen molar-refractivity contribution in [3.8, 4) is 0 Å². The Labute approximate surface area is 263 Å². The summed E-state index contributed by atoms with van der Waals surface area (Å²) in [6, 6.07) is 4.55. The van der Waals surface area contributed by atoms with Crippen molar-refractivity contribution in [2.24, 2.45) is 0 Å². The van der Waals surface area contributed by atoms with E-state index >= 15 is 0 Å². The van der Waals surface area contributed by atoms with Gasteiger partial charge in [-0.1, -0.05) is 0 Å². The summed E-state index contributed by atoms with van der Waals surface area (Å²) in [4.78, 5) is 20.3. The van der Waals surface area contributed by atoms with Crippen LogP contribution in [-0.4, -0.2) is 69.9 Å². The van der Waals surface area contributed by atoms with Crippen molar-refractivity contribution in [2.75, 3.05) is 0 Å². The minimum absolute atomic E-state index is 0. The van der Waals surface area contributed by atoms with Crippen LogP contribution in [0.1, 0.15) is 99.8 Å². The summed E-state index contributed by atoms with van der Waals surface area (Å²) in [6.07, 6.45) is 11.7. The zero-order chi connectivity index (χ0) is 30.8. The Morgan fingerprint density at radius 1 is 0.585 bits per heavy atom. The Morgan fingerprint density at radius 3 is 1.05 bits per heavy atom. The third-order valence-corrected chi connectivity index (χ3v) is 13.2. The van der Waals surface area contributed by atoms with E-state index in [4.69, 9.17) is 10.2 Å². The summed E-state index contributed by atoms with van der Waals surface area (Å²) < 4.78 is 56.0. The maximum Gasteiger partial charge on any atom is 0.338 e. The molecule has 0 heterocycles. The maximum atomic E-state index is 12.5. The molecule has 0 aromatic heterocycles. The number of hydrogen-bond acceptors (Lipinski definition) is 2. The van der Waals surface area contributed by atoms with E-state index in [9.17, 15) is 27.2 Å². The van der Waals surface area contributed by atoms with Crippen LogP contribution in [0.4, 0.5) is 17.6 Å². The van der Waals surface area contributed by atoms with Crippen LogP contribution < -0.4 is 0 Å². The summed E-state index contributed by atoms with van der Waals surface area (Å²) in [6.45, 7) is 9.16. The largest absolute Gasteiger partial charge is 0.478 e. The second-order valence-corrected chi connectivity index (χ2v) is 17.3. The maximum absolute atomic E-state index is 12.5. The minimum Gasteiger partial charge on any atom is -0.478 e. The Hall–Kier alpha value is -1.34. The van der Waals surface area contributed by atoms with Gasteiger partial charge in [-0.05, 0) is 36.4 Å². The number of halogens is 4. The number of carboxylic acids is 2. The van der Waals surface area contributed by atoms with Crippen LogP contribution in [0.25, 0.3) is 0 Å². The molecule has 0 aliphatic carbocycles. The van der Waals surface area contributed by atoms with Crippen LogP contribution in [0.15, 0.2) is 36.4 Å². The number of aromatic carboxylic acids is 2. The average molecular weight is 800 g/mol. The van der Waals surface area contributed by atoms with Crippen LogP contribution in [0, 0.1) is 23.3 Å². The number of carbonyl (C=O) groups is 2. The first-order valence-electron chi connectivity index (χ1n) is 13.8. The SMILES string of the molecule is CCC[CH2][Sn][CH2]CCC.CCC[CH2][Sn][CH2]CCC.O.O=C(O)c1cc(F)ccc1F.O=C(O)c1cc(F)ccc1F. The molecule has 0 spiro atoms. The number of carboxylic acid groups (broad SMARTS) is 2. The molecule has 0 saturated carbocycles. The van der Waals surface area contributed by atoms with Gasteiger partial charge < -0.3 is 15.7 Å². The average Bonchev–Trinajstić information content (AvgIpc) is 2.92. The van der Waals surface area contributed by atoms with Crippen molar-refractivity contribution in [2.45, 2.75) is 96.8 Å². The normalized spacial score (nSPS) is 9.56. The molecule has 232 valence electrons. The van der Waals surface area contributed by atoms with Gasteiger partial charge in [0.05, 0.1) is 11.1 Å². The molecule has 0 aliphatic rings. The van der Waals surface area contributed by atoms with E-state index in [1.807, 2.05) is 0 Å². The van der Waals surface area contributed by atoms with Crippen molar-refractivity contribution in [3.05, 3.63) is 70.8 Å². The standard InChI is InChI=1S/2C7H4F2O2.4C4H9.H2O.2Sn/c2*8-4-1-2-6(9)5(3-4)7(10)11;4*1-3-4-2;;;/h2*1-3H,(H,10,11);4*1,3-4H2,2H3;1H2;;. The molecule has 5 nitrogen and oxygen atoms in total. The van der Waals surface area contributed by atoms with Gasteiger partial charge in [-0.25, -0.2) is 27.2 Å². The monoisotopic (exact) mass is 802 g/mol. The van der Waals surface area contributed by atoms with Gasteiger partial charge in [0.15, 0.2) is 0 Å². The van der Waals surface area contributed by atoms with Gasteiger partial charge in [0.2, 0.25) is 0 Å². The van der Waals surface area contributed by atoms with Crippen molar-refractivity contribution in [1.82, 2.24) is 0 Å². The first kappa shape index (κ1) is 44.1. The predicted molar refractivity (Wildman–Crippen MR) is 161 cm³/mol. The van der Waals surface area contributed by atoms with Crippen molar-refractivity contribution >= 4 is 54.2 Å². The Bertz CT molecular complexity index is 862. The molecule has 4 N–H and O–H groups in total. The van der Waals surface area contributed by atoms with Crippen molar-refractivity contribution in [1.29, 1.82) is 0 Å². The molecule has 4 radical (unpaired) electrons. The topological polar surface area (TPSA) is 106 Å². The molecule has 0 amide bonds. The summed E-state index contributed by atoms with van der Waals surface area (Å²) in [7, 11) is 0. The predicted octanol–water partition coefficient (Wildman–Crippen LogP) is 8.76. The fraction of sp³-hybridized carbons (Fsp3) is 0.533. The quantitative estimate of drug-likeness (QED) is 0.113. The number of unbranched alkanes of at least 4 members (excludes halogenated alkanes) is 4. The Morgan fingerprint density at radius 2 is 0.854 bits per heavy atom. The zero-order valence-electron chi connectivity index (χ0n) is 24.7. The molecule has 0 bridgehead atoms. The number of benzene rings is 2. The fourth-order valence-corrected chi connectivity index (χ4v) is 11.1. The number of rotatable bonds is 14. The second-order valence-electron chi connectivity index (χ2n) is 8.77. The van der Waals surface area contributed by atoms with Gasteiger partial charge in [0, 0.05) is 0 Å². The van der Waals surface area contributed by atoms with Crippen molar-refractivity contribution < 1.29 is 42.8 Å².